The molecular formula is C23H41N3O8S. The van der Waals surface area contributed by atoms with Crippen LogP contribution in [-0.2, 0) is 33.7 Å². The summed E-state index contributed by atoms with van der Waals surface area (Å²) < 4.78 is 53.9. The van der Waals surface area contributed by atoms with Crippen LogP contribution in [0.3, 0.4) is 0 Å². The zero-order valence-electron chi connectivity index (χ0n) is 21.3. The highest BCUT2D eigenvalue weighted by molar-refractivity contribution is 7.89. The van der Waals surface area contributed by atoms with Crippen LogP contribution in [0.4, 0.5) is 10.5 Å². The lowest BCUT2D eigenvalue weighted by molar-refractivity contribution is 0.0106. The average molecular weight is 520 g/mol. The molecule has 4 N–H and O–H groups in total. The molecule has 0 unspecified atom stereocenters. The van der Waals surface area contributed by atoms with E-state index in [9.17, 15) is 13.2 Å². The molecule has 0 heterocycles. The molecule has 1 amide bonds. The summed E-state index contributed by atoms with van der Waals surface area (Å²) in [6, 6.07) is 4.67. The van der Waals surface area contributed by atoms with Crippen molar-refractivity contribution in [2.24, 2.45) is 0 Å². The number of aryl methyl sites for hydroxylation is 1. The summed E-state index contributed by atoms with van der Waals surface area (Å²) in [4.78, 5) is 11.7. The Morgan fingerprint density at radius 1 is 0.886 bits per heavy atom. The Morgan fingerprint density at radius 2 is 1.43 bits per heavy atom. The van der Waals surface area contributed by atoms with E-state index in [0.717, 1.165) is 6.42 Å². The number of nitrogens with two attached hydrogens (primary N) is 1. The number of ether oxygens (including phenoxy) is 5. The van der Waals surface area contributed by atoms with Gasteiger partial charge in [0, 0.05) is 32.0 Å². The Hall–Kier alpha value is -1.96. The van der Waals surface area contributed by atoms with Crippen LogP contribution in [0.1, 0.15) is 32.8 Å². The van der Waals surface area contributed by atoms with E-state index in [2.05, 4.69) is 10.0 Å². The molecule has 0 fully saturated rings. The maximum atomic E-state index is 12.3. The number of carbonyl (C=O) groups is 1. The predicted octanol–water partition coefficient (Wildman–Crippen LogP) is 1.84. The summed E-state index contributed by atoms with van der Waals surface area (Å²) in [6.07, 6.45) is 0.283. The molecule has 202 valence electrons. The fraction of sp³-hybridized carbons (Fsp3) is 0.696. The third-order valence-corrected chi connectivity index (χ3v) is 5.88. The lowest BCUT2D eigenvalue weighted by Crippen LogP contribution is -2.34. The molecule has 1 rings (SSSR count). The minimum atomic E-state index is -3.60. The van der Waals surface area contributed by atoms with E-state index in [0.29, 0.717) is 64.0 Å². The molecule has 0 atom stereocenters. The molecule has 0 aliphatic carbocycles. The number of nitrogen functional groups attached to an aromatic ring is 1. The monoisotopic (exact) mass is 519 g/mol. The predicted molar refractivity (Wildman–Crippen MR) is 133 cm³/mol. The van der Waals surface area contributed by atoms with Crippen LogP contribution in [-0.4, -0.2) is 86.1 Å². The van der Waals surface area contributed by atoms with Gasteiger partial charge in [0.25, 0.3) is 0 Å². The molecule has 0 aromatic heterocycles. The number of sulfonamides is 1. The Bertz CT molecular complexity index is 844. The smallest absolute Gasteiger partial charge is 0.407 e. The fourth-order valence-corrected chi connectivity index (χ4v) is 3.98. The number of carbonyl (C=O) groups excluding carboxylic acids is 1. The summed E-state index contributed by atoms with van der Waals surface area (Å²) in [6.45, 7) is 11.0. The lowest BCUT2D eigenvalue weighted by Gasteiger charge is -2.19. The molecule has 0 aliphatic rings. The molecule has 0 radical (unpaired) electrons. The van der Waals surface area contributed by atoms with E-state index in [1.165, 1.54) is 6.07 Å². The van der Waals surface area contributed by atoms with Crippen molar-refractivity contribution in [3.05, 3.63) is 23.8 Å². The van der Waals surface area contributed by atoms with Gasteiger partial charge in [-0.3, -0.25) is 0 Å². The van der Waals surface area contributed by atoms with Crippen LogP contribution in [0.25, 0.3) is 0 Å². The van der Waals surface area contributed by atoms with Crippen molar-refractivity contribution >= 4 is 21.8 Å². The SMILES string of the molecule is Cc1cc(N)ccc1S(=O)(=O)NCCOCCOCCOCCCOCCNC(=O)OC(C)(C)C. The van der Waals surface area contributed by atoms with E-state index in [1.807, 2.05) is 20.8 Å². The number of hydrogen-bond donors (Lipinski definition) is 3. The second kappa shape index (κ2) is 16.7. The first-order valence-corrected chi connectivity index (χ1v) is 13.1. The maximum absolute atomic E-state index is 12.3. The summed E-state index contributed by atoms with van der Waals surface area (Å²) in [5.41, 5.74) is 6.26. The van der Waals surface area contributed by atoms with Gasteiger partial charge in [-0.25, -0.2) is 17.9 Å². The van der Waals surface area contributed by atoms with Crippen molar-refractivity contribution in [2.45, 2.75) is 44.6 Å². The average Bonchev–Trinajstić information content (AvgIpc) is 2.74. The number of alkyl carbamates (subject to hydrolysis) is 1. The highest BCUT2D eigenvalue weighted by Gasteiger charge is 2.16. The maximum Gasteiger partial charge on any atom is 0.407 e. The zero-order valence-corrected chi connectivity index (χ0v) is 22.1. The van der Waals surface area contributed by atoms with Crippen LogP contribution in [0.15, 0.2) is 23.1 Å². The highest BCUT2D eigenvalue weighted by Crippen LogP contribution is 2.17. The van der Waals surface area contributed by atoms with Gasteiger partial charge in [0.05, 0.1) is 44.5 Å². The van der Waals surface area contributed by atoms with Crippen molar-refractivity contribution in [1.29, 1.82) is 0 Å². The Kier molecular flexibility index (Phi) is 14.8. The number of nitrogens with one attached hydrogen (secondary N) is 2. The first kappa shape index (κ1) is 31.1. The van der Waals surface area contributed by atoms with Crippen molar-refractivity contribution in [1.82, 2.24) is 10.0 Å². The molecule has 0 saturated carbocycles. The van der Waals surface area contributed by atoms with E-state index in [1.54, 1.807) is 19.1 Å². The Balaban J connectivity index is 1.88. The van der Waals surface area contributed by atoms with E-state index in [-0.39, 0.29) is 18.0 Å². The van der Waals surface area contributed by atoms with Crippen molar-refractivity contribution in [2.75, 3.05) is 71.7 Å². The number of rotatable bonds is 18. The van der Waals surface area contributed by atoms with Crippen molar-refractivity contribution < 1.29 is 36.9 Å². The van der Waals surface area contributed by atoms with Gasteiger partial charge in [0.15, 0.2) is 0 Å². The standard InChI is InChI=1S/C23H41N3O8S/c1-19-18-20(24)6-7-21(19)35(28,29)26-9-13-32-15-17-33-16-14-31-11-5-10-30-12-8-25-22(27)34-23(2,3)4/h6-7,18,26H,5,8-17,24H2,1-4H3,(H,25,27). The van der Waals surface area contributed by atoms with Crippen LogP contribution < -0.4 is 15.8 Å². The van der Waals surface area contributed by atoms with E-state index in [4.69, 9.17) is 29.4 Å². The largest absolute Gasteiger partial charge is 0.444 e. The van der Waals surface area contributed by atoms with Gasteiger partial charge in [0.1, 0.15) is 5.60 Å². The molecule has 1 aromatic carbocycles. The summed E-state index contributed by atoms with van der Waals surface area (Å²) in [5.74, 6) is 0. The van der Waals surface area contributed by atoms with Gasteiger partial charge in [-0.15, -0.1) is 0 Å². The van der Waals surface area contributed by atoms with E-state index >= 15 is 0 Å². The van der Waals surface area contributed by atoms with Crippen LogP contribution in [0, 0.1) is 6.92 Å². The van der Waals surface area contributed by atoms with Gasteiger partial charge < -0.3 is 34.7 Å². The van der Waals surface area contributed by atoms with Crippen LogP contribution in [0.5, 0.6) is 0 Å². The number of benzene rings is 1. The van der Waals surface area contributed by atoms with Gasteiger partial charge in [-0.2, -0.15) is 0 Å². The molecule has 11 nitrogen and oxygen atoms in total. The van der Waals surface area contributed by atoms with Gasteiger partial charge >= 0.3 is 6.09 Å². The normalized spacial score (nSPS) is 12.0. The summed E-state index contributed by atoms with van der Waals surface area (Å²) in [7, 11) is -3.60. The number of anilines is 1. The molecule has 35 heavy (non-hydrogen) atoms. The van der Waals surface area contributed by atoms with Crippen molar-refractivity contribution in [3.8, 4) is 0 Å². The minimum absolute atomic E-state index is 0.161. The topological polar surface area (TPSA) is 147 Å². The second-order valence-electron chi connectivity index (χ2n) is 8.65. The van der Waals surface area contributed by atoms with Gasteiger partial charge in [-0.1, -0.05) is 0 Å². The molecule has 0 bridgehead atoms. The Labute approximate surface area is 209 Å². The van der Waals surface area contributed by atoms with Gasteiger partial charge in [-0.05, 0) is 57.9 Å². The first-order valence-electron chi connectivity index (χ1n) is 11.6. The third kappa shape index (κ3) is 15.6. The Morgan fingerprint density at radius 3 is 2.03 bits per heavy atom. The van der Waals surface area contributed by atoms with Crippen molar-refractivity contribution in [3.63, 3.8) is 0 Å². The number of amides is 1. The summed E-state index contributed by atoms with van der Waals surface area (Å²) >= 11 is 0. The van der Waals surface area contributed by atoms with Crippen LogP contribution in [0.2, 0.25) is 0 Å². The second-order valence-corrected chi connectivity index (χ2v) is 10.4. The van der Waals surface area contributed by atoms with Gasteiger partial charge in [0.2, 0.25) is 10.0 Å². The third-order valence-electron chi connectivity index (χ3n) is 4.26. The fourth-order valence-electron chi connectivity index (χ4n) is 2.75. The zero-order chi connectivity index (χ0) is 26.2. The molecule has 0 spiro atoms. The van der Waals surface area contributed by atoms with E-state index < -0.39 is 21.7 Å². The minimum Gasteiger partial charge on any atom is -0.444 e. The molecular weight excluding hydrogens is 478 g/mol. The first-order chi connectivity index (χ1) is 16.5. The molecule has 12 heteroatoms. The summed E-state index contributed by atoms with van der Waals surface area (Å²) in [5, 5.41) is 2.62. The quantitative estimate of drug-likeness (QED) is 0.195. The molecule has 0 saturated heterocycles. The lowest BCUT2D eigenvalue weighted by atomic mass is 10.2. The van der Waals surface area contributed by atoms with Crippen LogP contribution >= 0.6 is 0 Å². The number of hydrogen-bond acceptors (Lipinski definition) is 9. The molecule has 1 aromatic rings. The molecule has 0 aliphatic heterocycles. The highest BCUT2D eigenvalue weighted by atomic mass is 32.2.